The van der Waals surface area contributed by atoms with Gasteiger partial charge in [-0.15, -0.1) is 5.10 Å². The highest BCUT2D eigenvalue weighted by Gasteiger charge is 2.40. The molecular weight excluding hydrogens is 240 g/mol. The summed E-state index contributed by atoms with van der Waals surface area (Å²) in [4.78, 5) is 15.2. The molecule has 0 amide bonds. The Morgan fingerprint density at radius 3 is 2.58 bits per heavy atom. The maximum Gasteiger partial charge on any atom is 0.202 e. The molecule has 5 nitrogen and oxygen atoms in total. The maximum absolute atomic E-state index is 12.9. The summed E-state index contributed by atoms with van der Waals surface area (Å²) in [6.07, 6.45) is 6.08. The molecule has 0 N–H and O–H groups in total. The molecule has 2 heterocycles. The van der Waals surface area contributed by atoms with Gasteiger partial charge in [-0.25, -0.2) is 4.68 Å². The van der Waals surface area contributed by atoms with Gasteiger partial charge in [0.2, 0.25) is 5.78 Å². The van der Waals surface area contributed by atoms with Crippen LogP contribution in [0.15, 0.2) is 6.20 Å². The van der Waals surface area contributed by atoms with E-state index in [1.54, 1.807) is 10.9 Å². The first-order valence-corrected chi connectivity index (χ1v) is 7.31. The average molecular weight is 264 g/mol. The predicted octanol–water partition coefficient (Wildman–Crippen LogP) is 2.14. The lowest BCUT2D eigenvalue weighted by Gasteiger charge is -2.41. The smallest absolute Gasteiger partial charge is 0.202 e. The molecule has 1 atom stereocenters. The molecule has 106 valence electrons. The highest BCUT2D eigenvalue weighted by Crippen LogP contribution is 2.27. The largest absolute Gasteiger partial charge is 0.291 e. The fourth-order valence-corrected chi connectivity index (χ4v) is 2.86. The van der Waals surface area contributed by atoms with E-state index in [0.717, 1.165) is 19.5 Å². The van der Waals surface area contributed by atoms with Crippen LogP contribution < -0.4 is 0 Å². The van der Waals surface area contributed by atoms with Gasteiger partial charge in [0.25, 0.3) is 0 Å². The molecule has 1 aliphatic rings. The van der Waals surface area contributed by atoms with E-state index < -0.39 is 5.54 Å². The predicted molar refractivity (Wildman–Crippen MR) is 74.1 cm³/mol. The lowest BCUT2D eigenvalue weighted by molar-refractivity contribution is 0.0495. The molecule has 1 saturated heterocycles. The van der Waals surface area contributed by atoms with Gasteiger partial charge < -0.3 is 0 Å². The molecule has 0 spiro atoms. The highest BCUT2D eigenvalue weighted by molar-refractivity contribution is 6.01. The number of piperidine rings is 1. The molecule has 2 rings (SSSR count). The Balaban J connectivity index is 2.27. The van der Waals surface area contributed by atoms with Crippen LogP contribution in [0.3, 0.4) is 0 Å². The molecule has 0 aliphatic carbocycles. The molecule has 0 aromatic carbocycles. The van der Waals surface area contributed by atoms with Gasteiger partial charge in [0.1, 0.15) is 5.69 Å². The van der Waals surface area contributed by atoms with E-state index in [1.165, 1.54) is 19.3 Å². The summed E-state index contributed by atoms with van der Waals surface area (Å²) < 4.78 is 1.69. The van der Waals surface area contributed by atoms with Gasteiger partial charge in [-0.05, 0) is 46.2 Å². The molecule has 1 aromatic rings. The third-order valence-corrected chi connectivity index (χ3v) is 4.38. The van der Waals surface area contributed by atoms with E-state index in [2.05, 4.69) is 29.1 Å². The monoisotopic (exact) mass is 264 g/mol. The van der Waals surface area contributed by atoms with Gasteiger partial charge in [0.15, 0.2) is 0 Å². The number of aryl methyl sites for hydroxylation is 1. The number of Topliss-reactive ketones (excluding diaryl/α,β-unsaturated/α-hetero) is 1. The molecule has 1 fully saturated rings. The van der Waals surface area contributed by atoms with Crippen molar-refractivity contribution in [3.05, 3.63) is 11.9 Å². The molecule has 0 saturated carbocycles. The van der Waals surface area contributed by atoms with Gasteiger partial charge in [-0.2, -0.15) is 0 Å². The van der Waals surface area contributed by atoms with E-state index in [9.17, 15) is 4.79 Å². The quantitative estimate of drug-likeness (QED) is 0.765. The van der Waals surface area contributed by atoms with Crippen molar-refractivity contribution in [1.82, 2.24) is 19.9 Å². The minimum absolute atomic E-state index is 0.156. The van der Waals surface area contributed by atoms with Crippen molar-refractivity contribution in [3.63, 3.8) is 0 Å². The summed E-state index contributed by atoms with van der Waals surface area (Å²) in [5.74, 6) is 0.156. The molecule has 5 heteroatoms. The van der Waals surface area contributed by atoms with Crippen LogP contribution in [0.4, 0.5) is 0 Å². The topological polar surface area (TPSA) is 51.0 Å². The van der Waals surface area contributed by atoms with Crippen molar-refractivity contribution >= 4 is 5.78 Å². The Bertz CT molecular complexity index is 436. The first-order valence-electron chi connectivity index (χ1n) is 7.31. The Hall–Kier alpha value is -1.23. The number of rotatable bonds is 5. The minimum atomic E-state index is -0.422. The third kappa shape index (κ3) is 2.56. The number of carbonyl (C=O) groups is 1. The Morgan fingerprint density at radius 2 is 2.00 bits per heavy atom. The fraction of sp³-hybridized carbons (Fsp3) is 0.786. The van der Waals surface area contributed by atoms with Crippen LogP contribution >= 0.6 is 0 Å². The first kappa shape index (κ1) is 14.2. The van der Waals surface area contributed by atoms with Crippen molar-refractivity contribution in [3.8, 4) is 0 Å². The summed E-state index contributed by atoms with van der Waals surface area (Å²) in [5.41, 5.74) is 0.215. The second-order valence-corrected chi connectivity index (χ2v) is 5.44. The maximum atomic E-state index is 12.9. The summed E-state index contributed by atoms with van der Waals surface area (Å²) in [5, 5.41) is 7.86. The molecule has 1 aliphatic heterocycles. The van der Waals surface area contributed by atoms with Crippen LogP contribution in [0, 0.1) is 0 Å². The van der Waals surface area contributed by atoms with Crippen molar-refractivity contribution in [1.29, 1.82) is 0 Å². The van der Waals surface area contributed by atoms with Crippen molar-refractivity contribution < 1.29 is 4.79 Å². The molecule has 1 aromatic heterocycles. The van der Waals surface area contributed by atoms with E-state index in [4.69, 9.17) is 0 Å². The van der Waals surface area contributed by atoms with Gasteiger partial charge in [-0.3, -0.25) is 9.69 Å². The average Bonchev–Trinajstić information content (AvgIpc) is 2.94. The van der Waals surface area contributed by atoms with Crippen LogP contribution in [0.1, 0.15) is 56.9 Å². The lowest BCUT2D eigenvalue weighted by atomic mass is 9.87. The van der Waals surface area contributed by atoms with Crippen LogP contribution in [-0.2, 0) is 6.54 Å². The van der Waals surface area contributed by atoms with Gasteiger partial charge in [-0.1, -0.05) is 18.6 Å². The fourth-order valence-electron chi connectivity index (χ4n) is 2.86. The second kappa shape index (κ2) is 5.82. The summed E-state index contributed by atoms with van der Waals surface area (Å²) in [7, 11) is 0. The normalized spacial score (nSPS) is 20.2. The third-order valence-electron chi connectivity index (χ3n) is 4.38. The molecule has 0 bridgehead atoms. The number of carbonyl (C=O) groups excluding carboxylic acids is 1. The zero-order valence-electron chi connectivity index (χ0n) is 12.2. The van der Waals surface area contributed by atoms with Crippen LogP contribution in [-0.4, -0.2) is 44.3 Å². The van der Waals surface area contributed by atoms with Crippen LogP contribution in [0.2, 0.25) is 0 Å². The minimum Gasteiger partial charge on any atom is -0.291 e. The molecular formula is C14H24N4O. The van der Waals surface area contributed by atoms with Crippen molar-refractivity contribution in [2.45, 2.75) is 58.5 Å². The summed E-state index contributed by atoms with van der Waals surface area (Å²) >= 11 is 0. The second-order valence-electron chi connectivity index (χ2n) is 5.44. The van der Waals surface area contributed by atoms with E-state index in [1.807, 2.05) is 6.92 Å². The molecule has 19 heavy (non-hydrogen) atoms. The number of nitrogens with zero attached hydrogens (tertiary/aromatic N) is 4. The number of hydrogen-bond donors (Lipinski definition) is 0. The standard InChI is InChI=1S/C14H24N4O/c1-4-14(3,17-9-7-6-8-10-17)13(19)12-11-15-16-18(12)5-2/h11H,4-10H2,1-3H3. The Labute approximate surface area is 115 Å². The first-order chi connectivity index (χ1) is 9.13. The van der Waals surface area contributed by atoms with Crippen LogP contribution in [0.25, 0.3) is 0 Å². The van der Waals surface area contributed by atoms with Gasteiger partial charge in [0, 0.05) is 6.54 Å². The van der Waals surface area contributed by atoms with Gasteiger partial charge in [0.05, 0.1) is 11.7 Å². The SMILES string of the molecule is CCn1nncc1C(=O)C(C)(CC)N1CCCCC1. The zero-order chi connectivity index (χ0) is 13.9. The van der Waals surface area contributed by atoms with E-state index in [0.29, 0.717) is 12.2 Å². The Morgan fingerprint density at radius 1 is 1.32 bits per heavy atom. The number of ketones is 1. The van der Waals surface area contributed by atoms with Crippen molar-refractivity contribution in [2.75, 3.05) is 13.1 Å². The number of likely N-dealkylation sites (tertiary alicyclic amines) is 1. The highest BCUT2D eigenvalue weighted by atomic mass is 16.1. The van der Waals surface area contributed by atoms with E-state index >= 15 is 0 Å². The number of aromatic nitrogens is 3. The summed E-state index contributed by atoms with van der Waals surface area (Å²) in [6.45, 7) is 8.85. The van der Waals surface area contributed by atoms with Gasteiger partial charge >= 0.3 is 0 Å². The van der Waals surface area contributed by atoms with E-state index in [-0.39, 0.29) is 5.78 Å². The number of hydrogen-bond acceptors (Lipinski definition) is 4. The Kier molecular flexibility index (Phi) is 4.34. The summed E-state index contributed by atoms with van der Waals surface area (Å²) in [6, 6.07) is 0. The molecule has 0 radical (unpaired) electrons. The van der Waals surface area contributed by atoms with Crippen LogP contribution in [0.5, 0.6) is 0 Å². The lowest BCUT2D eigenvalue weighted by Crippen LogP contribution is -2.54. The van der Waals surface area contributed by atoms with Crippen molar-refractivity contribution in [2.24, 2.45) is 0 Å². The zero-order valence-corrected chi connectivity index (χ0v) is 12.2. The molecule has 1 unspecified atom stereocenters.